The fraction of sp³-hybridized carbons (Fsp3) is 0.412. The van der Waals surface area contributed by atoms with Crippen molar-refractivity contribution in [2.75, 3.05) is 6.61 Å². The van der Waals surface area contributed by atoms with Crippen LogP contribution in [0, 0.1) is 5.82 Å². The number of amides is 1. The van der Waals surface area contributed by atoms with Crippen LogP contribution in [0.2, 0.25) is 0 Å². The minimum atomic E-state index is -0.381. The molecule has 2 aromatic rings. The summed E-state index contributed by atoms with van der Waals surface area (Å²) >= 11 is 0. The molecule has 3 rings (SSSR count). The Balaban J connectivity index is 1.71. The van der Waals surface area contributed by atoms with Crippen LogP contribution in [0.3, 0.4) is 0 Å². The number of hydrogen-bond donors (Lipinski definition) is 1. The van der Waals surface area contributed by atoms with Crippen LogP contribution in [0.25, 0.3) is 5.69 Å². The average molecular weight is 317 g/mol. The van der Waals surface area contributed by atoms with Gasteiger partial charge in [0.25, 0.3) is 5.91 Å². The SMILES string of the molecule is CC1(C)CC(NC(=O)c2cnn(-c3ccccc3F)c2)CCO1. The van der Waals surface area contributed by atoms with E-state index in [1.807, 2.05) is 13.8 Å². The van der Waals surface area contributed by atoms with Gasteiger partial charge in [0, 0.05) is 18.8 Å². The van der Waals surface area contributed by atoms with E-state index in [0.29, 0.717) is 17.9 Å². The molecule has 1 aromatic heterocycles. The molecule has 6 heteroatoms. The van der Waals surface area contributed by atoms with E-state index >= 15 is 0 Å². The van der Waals surface area contributed by atoms with Gasteiger partial charge in [-0.15, -0.1) is 0 Å². The predicted octanol–water partition coefficient (Wildman–Crippen LogP) is 2.70. The molecule has 2 heterocycles. The summed E-state index contributed by atoms with van der Waals surface area (Å²) in [4.78, 5) is 12.4. The number of carbonyl (C=O) groups is 1. The van der Waals surface area contributed by atoms with E-state index in [4.69, 9.17) is 4.74 Å². The molecule has 23 heavy (non-hydrogen) atoms. The first-order valence-electron chi connectivity index (χ1n) is 7.69. The van der Waals surface area contributed by atoms with Crippen LogP contribution >= 0.6 is 0 Å². The first kappa shape index (κ1) is 15.7. The third-order valence-corrected chi connectivity index (χ3v) is 3.98. The average Bonchev–Trinajstić information content (AvgIpc) is 2.96. The van der Waals surface area contributed by atoms with Crippen molar-refractivity contribution in [3.8, 4) is 5.69 Å². The molecule has 1 amide bonds. The van der Waals surface area contributed by atoms with Crippen LogP contribution in [0.15, 0.2) is 36.7 Å². The zero-order chi connectivity index (χ0) is 16.4. The van der Waals surface area contributed by atoms with Gasteiger partial charge in [0.2, 0.25) is 0 Å². The Morgan fingerprint density at radius 1 is 1.43 bits per heavy atom. The Morgan fingerprint density at radius 2 is 2.22 bits per heavy atom. The van der Waals surface area contributed by atoms with Gasteiger partial charge in [-0.05, 0) is 38.8 Å². The van der Waals surface area contributed by atoms with Crippen molar-refractivity contribution in [3.05, 3.63) is 48.0 Å². The Kier molecular flexibility index (Phi) is 4.17. The van der Waals surface area contributed by atoms with Gasteiger partial charge in [0.05, 0.1) is 17.4 Å². The number of benzene rings is 1. The summed E-state index contributed by atoms with van der Waals surface area (Å²) in [6.45, 7) is 4.66. The van der Waals surface area contributed by atoms with E-state index in [1.54, 1.807) is 18.2 Å². The third-order valence-electron chi connectivity index (χ3n) is 3.98. The number of nitrogens with one attached hydrogen (secondary N) is 1. The first-order valence-corrected chi connectivity index (χ1v) is 7.69. The molecule has 1 aromatic carbocycles. The smallest absolute Gasteiger partial charge is 0.254 e. The molecule has 122 valence electrons. The third kappa shape index (κ3) is 3.59. The van der Waals surface area contributed by atoms with Crippen molar-refractivity contribution < 1.29 is 13.9 Å². The molecule has 0 bridgehead atoms. The van der Waals surface area contributed by atoms with Crippen LogP contribution in [-0.2, 0) is 4.74 Å². The lowest BCUT2D eigenvalue weighted by molar-refractivity contribution is -0.0615. The second kappa shape index (κ2) is 6.12. The molecule has 5 nitrogen and oxygen atoms in total. The zero-order valence-corrected chi connectivity index (χ0v) is 13.3. The van der Waals surface area contributed by atoms with Gasteiger partial charge in [0.1, 0.15) is 11.5 Å². The lowest BCUT2D eigenvalue weighted by Gasteiger charge is -2.35. The predicted molar refractivity (Wildman–Crippen MR) is 84.0 cm³/mol. The molecule has 0 radical (unpaired) electrons. The van der Waals surface area contributed by atoms with Gasteiger partial charge in [-0.2, -0.15) is 5.10 Å². The maximum atomic E-state index is 13.8. The quantitative estimate of drug-likeness (QED) is 0.947. The fourth-order valence-corrected chi connectivity index (χ4v) is 2.83. The number of para-hydroxylation sites is 1. The summed E-state index contributed by atoms with van der Waals surface area (Å²) in [5.74, 6) is -0.580. The molecule has 0 aliphatic carbocycles. The number of ether oxygens (including phenoxy) is 1. The number of rotatable bonds is 3. The zero-order valence-electron chi connectivity index (χ0n) is 13.3. The van der Waals surface area contributed by atoms with E-state index < -0.39 is 0 Å². The van der Waals surface area contributed by atoms with E-state index in [9.17, 15) is 9.18 Å². The van der Waals surface area contributed by atoms with Gasteiger partial charge in [0.15, 0.2) is 0 Å². The van der Waals surface area contributed by atoms with Crippen LogP contribution in [0.4, 0.5) is 4.39 Å². The van der Waals surface area contributed by atoms with Crippen molar-refractivity contribution in [3.63, 3.8) is 0 Å². The Hall–Kier alpha value is -2.21. The highest BCUT2D eigenvalue weighted by molar-refractivity contribution is 5.94. The largest absolute Gasteiger partial charge is 0.375 e. The maximum Gasteiger partial charge on any atom is 0.254 e. The molecule has 0 spiro atoms. The Labute approximate surface area is 134 Å². The summed E-state index contributed by atoms with van der Waals surface area (Å²) in [6.07, 6.45) is 4.54. The number of hydrogen-bond acceptors (Lipinski definition) is 3. The minimum Gasteiger partial charge on any atom is -0.375 e. The standard InChI is InChI=1S/C17H20FN3O2/c1-17(2)9-13(7-8-23-17)20-16(22)12-10-19-21(11-12)15-6-4-3-5-14(15)18/h3-6,10-11,13H,7-9H2,1-2H3,(H,20,22). The highest BCUT2D eigenvalue weighted by atomic mass is 19.1. The monoisotopic (exact) mass is 317 g/mol. The Bertz CT molecular complexity index is 711. The maximum absolute atomic E-state index is 13.8. The van der Waals surface area contributed by atoms with Gasteiger partial charge in [-0.25, -0.2) is 9.07 Å². The van der Waals surface area contributed by atoms with Crippen LogP contribution in [0.5, 0.6) is 0 Å². The van der Waals surface area contributed by atoms with Crippen LogP contribution in [0.1, 0.15) is 37.0 Å². The summed E-state index contributed by atoms with van der Waals surface area (Å²) < 4.78 is 20.8. The van der Waals surface area contributed by atoms with E-state index in [-0.39, 0.29) is 23.4 Å². The van der Waals surface area contributed by atoms with Crippen molar-refractivity contribution in [1.82, 2.24) is 15.1 Å². The van der Waals surface area contributed by atoms with Crippen LogP contribution < -0.4 is 5.32 Å². The molecule has 1 aliphatic rings. The topological polar surface area (TPSA) is 56.2 Å². The number of nitrogens with zero attached hydrogens (tertiary/aromatic N) is 2. The summed E-state index contributed by atoms with van der Waals surface area (Å²) in [5, 5.41) is 7.09. The van der Waals surface area contributed by atoms with Gasteiger partial charge >= 0.3 is 0 Å². The van der Waals surface area contributed by atoms with E-state index in [1.165, 1.54) is 23.1 Å². The first-order chi connectivity index (χ1) is 10.9. The van der Waals surface area contributed by atoms with Crippen molar-refractivity contribution in [2.45, 2.75) is 38.3 Å². The molecule has 1 fully saturated rings. The van der Waals surface area contributed by atoms with Crippen molar-refractivity contribution in [2.24, 2.45) is 0 Å². The van der Waals surface area contributed by atoms with E-state index in [2.05, 4.69) is 10.4 Å². The van der Waals surface area contributed by atoms with Crippen LogP contribution in [-0.4, -0.2) is 33.9 Å². The van der Waals surface area contributed by atoms with Gasteiger partial charge < -0.3 is 10.1 Å². The Morgan fingerprint density at radius 3 is 2.96 bits per heavy atom. The minimum absolute atomic E-state index is 0.0723. The molecule has 1 atom stereocenters. The van der Waals surface area contributed by atoms with Crippen molar-refractivity contribution >= 4 is 5.91 Å². The number of carbonyl (C=O) groups excluding carboxylic acids is 1. The normalized spacial score (nSPS) is 20.2. The molecule has 1 aliphatic heterocycles. The molecule has 0 saturated carbocycles. The number of halogens is 1. The highest BCUT2D eigenvalue weighted by Crippen LogP contribution is 2.24. The summed E-state index contributed by atoms with van der Waals surface area (Å²) in [5.41, 5.74) is 0.504. The van der Waals surface area contributed by atoms with E-state index in [0.717, 1.165) is 12.8 Å². The summed E-state index contributed by atoms with van der Waals surface area (Å²) in [6, 6.07) is 6.39. The van der Waals surface area contributed by atoms with Gasteiger partial charge in [-0.3, -0.25) is 4.79 Å². The molecular weight excluding hydrogens is 297 g/mol. The second-order valence-electron chi connectivity index (χ2n) is 6.40. The van der Waals surface area contributed by atoms with Gasteiger partial charge in [-0.1, -0.05) is 12.1 Å². The molecular formula is C17H20FN3O2. The van der Waals surface area contributed by atoms with Crippen molar-refractivity contribution in [1.29, 1.82) is 0 Å². The molecule has 1 saturated heterocycles. The second-order valence-corrected chi connectivity index (χ2v) is 6.40. The summed E-state index contributed by atoms with van der Waals surface area (Å²) in [7, 11) is 0. The fourth-order valence-electron chi connectivity index (χ4n) is 2.83. The lowest BCUT2D eigenvalue weighted by atomic mass is 9.94. The molecule has 1 unspecified atom stereocenters. The number of aromatic nitrogens is 2. The molecule has 1 N–H and O–H groups in total. The highest BCUT2D eigenvalue weighted by Gasteiger charge is 2.30. The lowest BCUT2D eigenvalue weighted by Crippen LogP contribution is -2.45.